The van der Waals surface area contributed by atoms with Crippen LogP contribution in [0.3, 0.4) is 0 Å². The Bertz CT molecular complexity index is 1930. The van der Waals surface area contributed by atoms with Crippen LogP contribution < -0.4 is 20.1 Å². The molecule has 0 bridgehead atoms. The molecule has 0 atom stereocenters. The summed E-state index contributed by atoms with van der Waals surface area (Å²) < 4.78 is 11.0. The molecule has 0 amide bonds. The molecule has 7 rings (SSSR count). The van der Waals surface area contributed by atoms with E-state index in [0.29, 0.717) is 10.0 Å². The summed E-state index contributed by atoms with van der Waals surface area (Å²) in [6.45, 7) is 8.22. The Labute approximate surface area is 290 Å². The van der Waals surface area contributed by atoms with Crippen LogP contribution in [0.15, 0.2) is 72.8 Å². The molecule has 4 aromatic carbocycles. The number of methoxy groups -OCH3 is 2. The first kappa shape index (κ1) is 32.5. The van der Waals surface area contributed by atoms with Gasteiger partial charge in [-0.15, -0.1) is 0 Å². The Kier molecular flexibility index (Phi) is 9.86. The number of rotatable bonds is 12. The quantitative estimate of drug-likeness (QED) is 0.0986. The maximum absolute atomic E-state index is 6.30. The molecule has 248 valence electrons. The summed E-state index contributed by atoms with van der Waals surface area (Å²) in [6, 6.07) is 23.8. The van der Waals surface area contributed by atoms with Crippen molar-refractivity contribution < 1.29 is 9.47 Å². The van der Waals surface area contributed by atoms with E-state index in [4.69, 9.17) is 42.6 Å². The first-order valence-electron chi connectivity index (χ1n) is 16.6. The highest BCUT2D eigenvalue weighted by Gasteiger charge is 2.17. The first-order chi connectivity index (χ1) is 23.5. The van der Waals surface area contributed by atoms with Crippen molar-refractivity contribution in [1.82, 2.24) is 19.8 Å². The third-order valence-corrected chi connectivity index (χ3v) is 9.73. The van der Waals surface area contributed by atoms with Crippen LogP contribution in [0.2, 0.25) is 10.0 Å². The van der Waals surface area contributed by atoms with Crippen molar-refractivity contribution in [3.8, 4) is 11.5 Å². The molecule has 1 saturated heterocycles. The van der Waals surface area contributed by atoms with Gasteiger partial charge in [0, 0.05) is 70.9 Å². The summed E-state index contributed by atoms with van der Waals surface area (Å²) in [5, 5.41) is 13.1. The van der Waals surface area contributed by atoms with Crippen LogP contribution in [0.4, 0.5) is 11.4 Å². The topological polar surface area (TPSA) is 74.8 Å². The molecule has 3 heterocycles. The number of nitrogens with one attached hydrogen (secondary N) is 2. The Hall–Kier alpha value is -4.08. The Balaban J connectivity index is 0.906. The minimum Gasteiger partial charge on any atom is -0.497 e. The zero-order valence-electron chi connectivity index (χ0n) is 27.4. The van der Waals surface area contributed by atoms with E-state index in [1.54, 1.807) is 14.2 Å². The molecule has 0 radical (unpaired) electrons. The number of nitrogens with zero attached hydrogens (tertiary/aromatic N) is 4. The van der Waals surface area contributed by atoms with Crippen LogP contribution in [-0.4, -0.2) is 86.3 Å². The van der Waals surface area contributed by atoms with E-state index in [-0.39, 0.29) is 0 Å². The lowest BCUT2D eigenvalue weighted by molar-refractivity contribution is 0.132. The minimum absolute atomic E-state index is 0.687. The second-order valence-electron chi connectivity index (χ2n) is 12.3. The number of halogens is 2. The van der Waals surface area contributed by atoms with Gasteiger partial charge < -0.3 is 29.9 Å². The first-order valence-corrected chi connectivity index (χ1v) is 17.3. The molecular weight excluding hydrogens is 643 g/mol. The Morgan fingerprint density at radius 2 is 1.00 bits per heavy atom. The fourth-order valence-corrected chi connectivity index (χ4v) is 7.03. The SMILES string of the molecule is COc1ccc2nc3cc(Cl)ccc3c(NCCCN3CCN(CCCNc4c5ccc(Cl)cc5nc5ccc(OC)cc45)CC3)c2c1. The summed E-state index contributed by atoms with van der Waals surface area (Å²) in [6.07, 6.45) is 2.10. The molecule has 0 unspecified atom stereocenters. The lowest BCUT2D eigenvalue weighted by Crippen LogP contribution is -2.47. The lowest BCUT2D eigenvalue weighted by Gasteiger charge is -2.34. The second-order valence-corrected chi connectivity index (χ2v) is 13.2. The van der Waals surface area contributed by atoms with Crippen LogP contribution >= 0.6 is 23.2 Å². The van der Waals surface area contributed by atoms with Crippen LogP contribution in [-0.2, 0) is 0 Å². The molecule has 8 nitrogen and oxygen atoms in total. The van der Waals surface area contributed by atoms with Crippen LogP contribution in [0.25, 0.3) is 43.6 Å². The van der Waals surface area contributed by atoms with E-state index in [2.05, 4.69) is 44.7 Å². The van der Waals surface area contributed by atoms with E-state index in [1.807, 2.05) is 48.5 Å². The number of anilines is 2. The van der Waals surface area contributed by atoms with Crippen molar-refractivity contribution in [1.29, 1.82) is 0 Å². The molecule has 0 spiro atoms. The van der Waals surface area contributed by atoms with Crippen LogP contribution in [0, 0.1) is 0 Å². The average molecular weight is 684 g/mol. The van der Waals surface area contributed by atoms with E-state index in [9.17, 15) is 0 Å². The largest absolute Gasteiger partial charge is 0.497 e. The van der Waals surface area contributed by atoms with Crippen LogP contribution in [0.1, 0.15) is 12.8 Å². The van der Waals surface area contributed by atoms with Crippen molar-refractivity contribution in [2.75, 3.05) is 77.2 Å². The molecule has 0 saturated carbocycles. The van der Waals surface area contributed by atoms with Gasteiger partial charge in [-0.2, -0.15) is 0 Å². The molecular formula is C38H40Cl2N6O2. The van der Waals surface area contributed by atoms with Gasteiger partial charge >= 0.3 is 0 Å². The molecule has 48 heavy (non-hydrogen) atoms. The predicted molar refractivity (Wildman–Crippen MR) is 201 cm³/mol. The fraction of sp³-hybridized carbons (Fsp3) is 0.316. The van der Waals surface area contributed by atoms with Gasteiger partial charge in [0.25, 0.3) is 0 Å². The van der Waals surface area contributed by atoms with E-state index >= 15 is 0 Å². The molecule has 1 fully saturated rings. The number of benzene rings is 4. The van der Waals surface area contributed by atoms with Crippen molar-refractivity contribution in [2.24, 2.45) is 0 Å². The zero-order chi connectivity index (χ0) is 33.0. The second kappa shape index (κ2) is 14.6. The molecule has 2 aromatic heterocycles. The normalized spacial score (nSPS) is 14.2. The monoisotopic (exact) mass is 682 g/mol. The number of piperazine rings is 1. The minimum atomic E-state index is 0.687. The van der Waals surface area contributed by atoms with Crippen molar-refractivity contribution in [2.45, 2.75) is 12.8 Å². The summed E-state index contributed by atoms with van der Waals surface area (Å²) in [5.74, 6) is 1.64. The number of hydrogen-bond acceptors (Lipinski definition) is 8. The third-order valence-electron chi connectivity index (χ3n) is 9.26. The number of pyridine rings is 2. The van der Waals surface area contributed by atoms with Crippen LogP contribution in [0.5, 0.6) is 11.5 Å². The van der Waals surface area contributed by atoms with Gasteiger partial charge in [0.05, 0.1) is 47.7 Å². The maximum atomic E-state index is 6.30. The Morgan fingerprint density at radius 1 is 0.562 bits per heavy atom. The number of hydrogen-bond donors (Lipinski definition) is 2. The average Bonchev–Trinajstić information content (AvgIpc) is 3.11. The summed E-state index contributed by atoms with van der Waals surface area (Å²) in [5.41, 5.74) is 5.79. The van der Waals surface area contributed by atoms with Crippen molar-refractivity contribution in [3.05, 3.63) is 82.8 Å². The molecule has 2 N–H and O–H groups in total. The number of fused-ring (bicyclic) bond motifs is 4. The highest BCUT2D eigenvalue weighted by molar-refractivity contribution is 6.32. The molecule has 0 aliphatic carbocycles. The molecule has 1 aliphatic heterocycles. The number of aromatic nitrogens is 2. The maximum Gasteiger partial charge on any atom is 0.119 e. The van der Waals surface area contributed by atoms with Gasteiger partial charge in [-0.25, -0.2) is 9.97 Å². The van der Waals surface area contributed by atoms with Crippen molar-refractivity contribution >= 4 is 78.2 Å². The standard InChI is InChI=1S/C38H40Cl2N6O2/c1-47-27-7-11-33-31(23-27)37(29-9-5-25(39)21-35(29)43-33)41-13-3-15-45-17-19-46(20-18-45)16-4-14-42-38-30-10-6-26(40)22-36(30)44-34-12-8-28(48-2)24-32(34)38/h5-12,21-24H,3-4,13-20H2,1-2H3,(H,41,43)(H,42,44). The third kappa shape index (κ3) is 7.03. The Morgan fingerprint density at radius 3 is 1.42 bits per heavy atom. The van der Waals surface area contributed by atoms with Gasteiger partial charge in [-0.1, -0.05) is 23.2 Å². The zero-order valence-corrected chi connectivity index (χ0v) is 28.9. The predicted octanol–water partition coefficient (Wildman–Crippen LogP) is 8.34. The number of ether oxygens (including phenoxy) is 2. The van der Waals surface area contributed by atoms with Gasteiger partial charge in [-0.3, -0.25) is 0 Å². The highest BCUT2D eigenvalue weighted by atomic mass is 35.5. The van der Waals surface area contributed by atoms with Gasteiger partial charge in [0.1, 0.15) is 11.5 Å². The summed E-state index contributed by atoms with van der Waals surface area (Å²) in [7, 11) is 3.39. The smallest absolute Gasteiger partial charge is 0.119 e. The fourth-order valence-electron chi connectivity index (χ4n) is 6.70. The van der Waals surface area contributed by atoms with E-state index in [0.717, 1.165) is 132 Å². The highest BCUT2D eigenvalue weighted by Crippen LogP contribution is 2.35. The molecule has 1 aliphatic rings. The molecule has 6 aromatic rings. The molecule has 10 heteroatoms. The van der Waals surface area contributed by atoms with E-state index in [1.165, 1.54) is 0 Å². The van der Waals surface area contributed by atoms with Crippen molar-refractivity contribution in [3.63, 3.8) is 0 Å². The summed E-state index contributed by atoms with van der Waals surface area (Å²) >= 11 is 12.6. The van der Waals surface area contributed by atoms with Gasteiger partial charge in [0.15, 0.2) is 0 Å². The summed E-state index contributed by atoms with van der Waals surface area (Å²) in [4.78, 5) is 14.9. The van der Waals surface area contributed by atoms with E-state index < -0.39 is 0 Å². The van der Waals surface area contributed by atoms with Gasteiger partial charge in [0.2, 0.25) is 0 Å². The lowest BCUT2D eigenvalue weighted by atomic mass is 10.1. The van der Waals surface area contributed by atoms with Gasteiger partial charge in [-0.05, 0) is 98.7 Å².